The van der Waals surface area contributed by atoms with Crippen molar-refractivity contribution in [3.05, 3.63) is 47.7 Å². The highest BCUT2D eigenvalue weighted by Crippen LogP contribution is 2.64. The van der Waals surface area contributed by atoms with E-state index in [0.717, 1.165) is 25.6 Å². The van der Waals surface area contributed by atoms with Gasteiger partial charge >= 0.3 is 0 Å². The number of fused-ring (bicyclic) bond motifs is 3. The Morgan fingerprint density at radius 3 is 3.10 bits per heavy atom. The smallest absolute Gasteiger partial charge is 0.256 e. The van der Waals surface area contributed by atoms with E-state index in [2.05, 4.69) is 20.3 Å². The van der Waals surface area contributed by atoms with Gasteiger partial charge in [0.2, 0.25) is 5.88 Å². The van der Waals surface area contributed by atoms with Crippen molar-refractivity contribution in [2.75, 3.05) is 24.6 Å². The van der Waals surface area contributed by atoms with E-state index in [1.807, 2.05) is 6.07 Å². The Morgan fingerprint density at radius 1 is 1.33 bits per heavy atom. The highest BCUT2D eigenvalue weighted by molar-refractivity contribution is 5.99. The molecule has 5 heterocycles. The molecule has 2 bridgehead atoms. The topological polar surface area (TPSA) is 84.7 Å². The molecule has 10 heteroatoms. The van der Waals surface area contributed by atoms with Gasteiger partial charge in [-0.3, -0.25) is 4.79 Å². The van der Waals surface area contributed by atoms with E-state index in [9.17, 15) is 13.6 Å². The second-order valence-electron chi connectivity index (χ2n) is 8.00. The van der Waals surface area contributed by atoms with Crippen LogP contribution in [-0.2, 0) is 5.54 Å². The molecule has 1 saturated heterocycles. The number of piperidine rings is 1. The Morgan fingerprint density at radius 2 is 2.23 bits per heavy atom. The molecule has 1 N–H and O–H groups in total. The van der Waals surface area contributed by atoms with Gasteiger partial charge in [0.15, 0.2) is 11.8 Å². The maximum Gasteiger partial charge on any atom is 0.256 e. The molecule has 3 aliphatic rings. The van der Waals surface area contributed by atoms with E-state index in [1.54, 1.807) is 6.20 Å². The molecule has 1 aliphatic carbocycles. The number of pyridine rings is 1. The summed E-state index contributed by atoms with van der Waals surface area (Å²) < 4.78 is 35.8. The quantitative estimate of drug-likeness (QED) is 0.607. The second kappa shape index (κ2) is 6.10. The lowest BCUT2D eigenvalue weighted by atomic mass is 10.0. The Hall–Kier alpha value is -3.30. The molecule has 3 atom stereocenters. The third-order valence-corrected chi connectivity index (χ3v) is 6.30. The molecule has 1 saturated carbocycles. The van der Waals surface area contributed by atoms with Crippen molar-refractivity contribution >= 4 is 17.4 Å². The molecule has 8 nitrogen and oxygen atoms in total. The molecule has 6 rings (SSSR count). The molecule has 1 unspecified atom stereocenters. The summed E-state index contributed by atoms with van der Waals surface area (Å²) in [6.45, 7) is 0.205. The summed E-state index contributed by atoms with van der Waals surface area (Å²) in [6, 6.07) is 3.27. The first-order valence-electron chi connectivity index (χ1n) is 9.89. The zero-order chi connectivity index (χ0) is 20.5. The van der Waals surface area contributed by atoms with Gasteiger partial charge in [0.1, 0.15) is 23.8 Å². The largest absolute Gasteiger partial charge is 0.474 e. The summed E-state index contributed by atoms with van der Waals surface area (Å²) in [6.07, 6.45) is 4.52. The van der Waals surface area contributed by atoms with Crippen molar-refractivity contribution < 1.29 is 18.3 Å². The number of anilines is 1. The van der Waals surface area contributed by atoms with Crippen molar-refractivity contribution in [2.45, 2.75) is 24.6 Å². The number of carbonyl (C=O) groups is 1. The van der Waals surface area contributed by atoms with Crippen LogP contribution in [0.2, 0.25) is 0 Å². The van der Waals surface area contributed by atoms with Gasteiger partial charge in [-0.05, 0) is 30.9 Å². The summed E-state index contributed by atoms with van der Waals surface area (Å²) in [5.74, 6) is 0.296. The number of nitrogens with one attached hydrogen (secondary N) is 1. The van der Waals surface area contributed by atoms with Gasteiger partial charge in [0.25, 0.3) is 5.91 Å². The number of halogens is 2. The molecular formula is C20H18F2N6O2. The van der Waals surface area contributed by atoms with Crippen LogP contribution in [-0.4, -0.2) is 51.4 Å². The lowest BCUT2D eigenvalue weighted by Crippen LogP contribution is -2.36. The maximum atomic E-state index is 14.4. The fourth-order valence-corrected chi connectivity index (χ4v) is 4.82. The van der Waals surface area contributed by atoms with Gasteiger partial charge < -0.3 is 15.0 Å². The third-order valence-electron chi connectivity index (χ3n) is 6.30. The molecule has 1 amide bonds. The van der Waals surface area contributed by atoms with Crippen molar-refractivity contribution in [1.29, 1.82) is 0 Å². The summed E-state index contributed by atoms with van der Waals surface area (Å²) in [5.41, 5.74) is 0.795. The second-order valence-corrected chi connectivity index (χ2v) is 8.00. The van der Waals surface area contributed by atoms with Crippen LogP contribution in [0.15, 0.2) is 30.7 Å². The Balaban J connectivity index is 1.55. The van der Waals surface area contributed by atoms with Crippen molar-refractivity contribution in [2.24, 2.45) is 5.92 Å². The van der Waals surface area contributed by atoms with Crippen LogP contribution in [0, 0.1) is 11.7 Å². The standard InChI is InChI=1S/C20H18F2N6O2/c21-12-5-15-19(24-7-12)30-10-13(22)8-23-18(29)14-9-25-28-4-2-16(26-17(14)28)27-3-1-11-6-20(11,15)27/h2,4-5,7,9,11,13H,1,3,6,8,10H2,(H,23,29)/t11-,13?,20+/m0/s1. The lowest BCUT2D eigenvalue weighted by molar-refractivity contribution is 0.0932. The molecule has 154 valence electrons. The van der Waals surface area contributed by atoms with Gasteiger partial charge in [-0.15, -0.1) is 0 Å². The summed E-state index contributed by atoms with van der Waals surface area (Å²) in [4.78, 5) is 23.5. The zero-order valence-corrected chi connectivity index (χ0v) is 15.9. The average molecular weight is 412 g/mol. The zero-order valence-electron chi connectivity index (χ0n) is 15.9. The molecule has 2 fully saturated rings. The van der Waals surface area contributed by atoms with Gasteiger partial charge in [0.05, 0.1) is 24.5 Å². The first-order chi connectivity index (χ1) is 14.6. The molecule has 3 aromatic rings. The molecule has 3 aromatic heterocycles. The molecule has 0 radical (unpaired) electrons. The first-order valence-corrected chi connectivity index (χ1v) is 9.89. The van der Waals surface area contributed by atoms with Gasteiger partial charge in [-0.1, -0.05) is 0 Å². The van der Waals surface area contributed by atoms with Crippen molar-refractivity contribution in [3.63, 3.8) is 0 Å². The Bertz CT molecular complexity index is 1180. The number of nitrogens with zero attached hydrogens (tertiary/aromatic N) is 5. The number of ether oxygens (including phenoxy) is 1. The van der Waals surface area contributed by atoms with Gasteiger partial charge in [0, 0.05) is 18.3 Å². The van der Waals surface area contributed by atoms with Crippen LogP contribution in [0.4, 0.5) is 14.6 Å². The van der Waals surface area contributed by atoms with E-state index in [0.29, 0.717) is 22.9 Å². The monoisotopic (exact) mass is 412 g/mol. The molecular weight excluding hydrogens is 394 g/mol. The third kappa shape index (κ3) is 2.42. The number of hydrogen-bond acceptors (Lipinski definition) is 6. The predicted octanol–water partition coefficient (Wildman–Crippen LogP) is 1.85. The molecule has 2 aliphatic heterocycles. The predicted molar refractivity (Wildman–Crippen MR) is 102 cm³/mol. The summed E-state index contributed by atoms with van der Waals surface area (Å²) in [5, 5.41) is 6.73. The van der Waals surface area contributed by atoms with Crippen LogP contribution >= 0.6 is 0 Å². The number of hydrogen-bond donors (Lipinski definition) is 1. The van der Waals surface area contributed by atoms with E-state index in [4.69, 9.17) is 9.72 Å². The SMILES string of the molecule is O=C1NCC(F)COc2ncc(F)cc2[C@@]23C[C@@H]2CCN3c2ccn3ncc1c3n2. The number of carbonyl (C=O) groups excluding carboxylic acids is 1. The average Bonchev–Trinajstić information content (AvgIpc) is 3.13. The summed E-state index contributed by atoms with van der Waals surface area (Å²) in [7, 11) is 0. The van der Waals surface area contributed by atoms with E-state index < -0.39 is 23.4 Å². The van der Waals surface area contributed by atoms with Crippen LogP contribution in [0.5, 0.6) is 5.88 Å². The number of rotatable bonds is 0. The fraction of sp³-hybridized carbons (Fsp3) is 0.400. The lowest BCUT2D eigenvalue weighted by Gasteiger charge is -2.31. The first kappa shape index (κ1) is 17.5. The van der Waals surface area contributed by atoms with Crippen LogP contribution in [0.25, 0.3) is 5.65 Å². The van der Waals surface area contributed by atoms with Crippen LogP contribution in [0.3, 0.4) is 0 Å². The number of alkyl halides is 1. The number of aromatic nitrogens is 4. The Kier molecular flexibility index (Phi) is 3.57. The van der Waals surface area contributed by atoms with E-state index in [1.165, 1.54) is 16.8 Å². The minimum Gasteiger partial charge on any atom is -0.474 e. The van der Waals surface area contributed by atoms with Gasteiger partial charge in [-0.25, -0.2) is 23.3 Å². The van der Waals surface area contributed by atoms with Crippen molar-refractivity contribution in [1.82, 2.24) is 24.9 Å². The van der Waals surface area contributed by atoms with Crippen LogP contribution in [0.1, 0.15) is 28.8 Å². The summed E-state index contributed by atoms with van der Waals surface area (Å²) >= 11 is 0. The maximum absolute atomic E-state index is 14.4. The number of amides is 1. The normalized spacial score (nSPS) is 27.7. The fourth-order valence-electron chi connectivity index (χ4n) is 4.82. The van der Waals surface area contributed by atoms with E-state index >= 15 is 0 Å². The minimum atomic E-state index is -1.45. The molecule has 0 aromatic carbocycles. The highest BCUT2D eigenvalue weighted by atomic mass is 19.1. The van der Waals surface area contributed by atoms with Crippen molar-refractivity contribution in [3.8, 4) is 5.88 Å². The Labute approximate surface area is 169 Å². The van der Waals surface area contributed by atoms with Crippen LogP contribution < -0.4 is 15.0 Å². The van der Waals surface area contributed by atoms with E-state index in [-0.39, 0.29) is 24.6 Å². The minimum absolute atomic E-state index is 0.225. The van der Waals surface area contributed by atoms with Gasteiger partial charge in [-0.2, -0.15) is 5.10 Å². The molecule has 1 spiro atoms. The highest BCUT2D eigenvalue weighted by Gasteiger charge is 2.65. The molecule has 30 heavy (non-hydrogen) atoms.